The molecule has 0 saturated carbocycles. The predicted molar refractivity (Wildman–Crippen MR) is 145 cm³/mol. The van der Waals surface area contributed by atoms with Gasteiger partial charge in [0.05, 0.1) is 12.3 Å². The third kappa shape index (κ3) is 9.26. The molecule has 1 aromatic rings. The van der Waals surface area contributed by atoms with E-state index in [0.29, 0.717) is 17.2 Å². The van der Waals surface area contributed by atoms with Crippen molar-refractivity contribution in [2.45, 2.75) is 85.4 Å². The van der Waals surface area contributed by atoms with Gasteiger partial charge in [-0.3, -0.25) is 25.7 Å². The first-order valence-corrected chi connectivity index (χ1v) is 12.1. The van der Waals surface area contributed by atoms with E-state index >= 15 is 0 Å². The standard InChI is InChI=1S/C21H35N7OS2.C2H6.Cu/c1-14(24-26-18(30)22-6)17(25-27-19(31)23-7)16-10-9-15(29-16)13-28-20(2,3)11-8-12-21(28,4)5;1-2;/h9-10H,8,11-13H2,1-7H3,(H2,22,26,30)(H2,23,27,31);1-2H3;/q;;+2/p-2/b24-14+,25-17-;;. The largest absolute Gasteiger partial charge is 2.00 e. The Bertz CT molecular complexity index is 876. The van der Waals surface area contributed by atoms with Gasteiger partial charge in [0.15, 0.2) is 5.76 Å². The summed E-state index contributed by atoms with van der Waals surface area (Å²) >= 11 is 10.1. The number of furan rings is 1. The number of rotatable bonds is 6. The second-order valence-electron chi connectivity index (χ2n) is 8.77. The van der Waals surface area contributed by atoms with E-state index in [9.17, 15) is 0 Å². The summed E-state index contributed by atoms with van der Waals surface area (Å²) in [6.45, 7) is 15.7. The second-order valence-corrected chi connectivity index (χ2v) is 9.54. The molecule has 2 N–H and O–H groups in total. The topological polar surface area (TPSA) is 89.9 Å². The normalized spacial score (nSPS) is 19.0. The van der Waals surface area contributed by atoms with E-state index in [4.69, 9.17) is 29.7 Å². The van der Waals surface area contributed by atoms with E-state index in [1.54, 1.807) is 21.0 Å². The minimum Gasteiger partial charge on any atom is -0.741 e. The SMILES string of the molecule is CC.CN=C([S-])N/N=C(/C(C)=N/NC([S-])=NC)c1ccc(CN2C(C)(C)CCCC2(C)C)o1.[Cu+2]. The van der Waals surface area contributed by atoms with Gasteiger partial charge in [-0.1, -0.05) is 13.8 Å². The summed E-state index contributed by atoms with van der Waals surface area (Å²) in [5, 5.41) is 9.17. The van der Waals surface area contributed by atoms with Gasteiger partial charge in [-0.25, -0.2) is 0 Å². The van der Waals surface area contributed by atoms with Crippen molar-refractivity contribution in [2.75, 3.05) is 14.1 Å². The molecule has 0 aromatic carbocycles. The van der Waals surface area contributed by atoms with Crippen molar-refractivity contribution in [3.05, 3.63) is 23.7 Å². The van der Waals surface area contributed by atoms with Crippen LogP contribution in [0.4, 0.5) is 0 Å². The summed E-state index contributed by atoms with van der Waals surface area (Å²) in [5.41, 5.74) is 6.73. The zero-order valence-electron chi connectivity index (χ0n) is 21.7. The molecule has 8 nitrogen and oxygen atoms in total. The molecule has 0 amide bonds. The molecule has 1 aliphatic heterocycles. The quantitative estimate of drug-likeness (QED) is 0.180. The zero-order valence-corrected chi connectivity index (χ0v) is 24.3. The first-order valence-electron chi connectivity index (χ1n) is 11.3. The predicted octanol–water partition coefficient (Wildman–Crippen LogP) is 4.17. The minimum absolute atomic E-state index is 0. The Morgan fingerprint density at radius 3 is 1.97 bits per heavy atom. The van der Waals surface area contributed by atoms with Crippen LogP contribution in [-0.2, 0) is 48.9 Å². The van der Waals surface area contributed by atoms with Crippen molar-refractivity contribution < 1.29 is 21.5 Å². The average molecular weight is 557 g/mol. The number of hydrazone groups is 2. The van der Waals surface area contributed by atoms with Gasteiger partial charge in [0.2, 0.25) is 0 Å². The van der Waals surface area contributed by atoms with Gasteiger partial charge in [0.1, 0.15) is 11.5 Å². The fourth-order valence-corrected chi connectivity index (χ4v) is 4.01. The Morgan fingerprint density at radius 2 is 1.47 bits per heavy atom. The number of amidine groups is 2. The monoisotopic (exact) mass is 556 g/mol. The fraction of sp³-hybridized carbons (Fsp3) is 0.652. The third-order valence-electron chi connectivity index (χ3n) is 5.58. The van der Waals surface area contributed by atoms with Crippen LogP contribution in [0.2, 0.25) is 0 Å². The maximum absolute atomic E-state index is 6.20. The molecule has 0 spiro atoms. The van der Waals surface area contributed by atoms with E-state index in [-0.39, 0.29) is 38.5 Å². The summed E-state index contributed by atoms with van der Waals surface area (Å²) in [6, 6.07) is 3.88. The van der Waals surface area contributed by atoms with Crippen molar-refractivity contribution in [3.8, 4) is 0 Å². The van der Waals surface area contributed by atoms with Gasteiger partial charge in [-0.2, -0.15) is 10.2 Å². The summed E-state index contributed by atoms with van der Waals surface area (Å²) in [5.74, 6) is 1.45. The summed E-state index contributed by atoms with van der Waals surface area (Å²) < 4.78 is 6.20. The van der Waals surface area contributed by atoms with Gasteiger partial charge in [0, 0.05) is 25.2 Å². The molecule has 0 atom stereocenters. The van der Waals surface area contributed by atoms with Crippen LogP contribution in [0.15, 0.2) is 36.7 Å². The second kappa shape index (κ2) is 14.8. The van der Waals surface area contributed by atoms with Crippen molar-refractivity contribution in [1.82, 2.24) is 15.8 Å². The number of hydrogen-bond donors (Lipinski definition) is 2. The molecular weight excluding hydrogens is 518 g/mol. The Morgan fingerprint density at radius 1 is 0.971 bits per heavy atom. The molecule has 1 aromatic heterocycles. The molecule has 11 heteroatoms. The molecule has 1 radical (unpaired) electrons. The fourth-order valence-electron chi connectivity index (χ4n) is 3.92. The van der Waals surface area contributed by atoms with E-state index in [1.807, 2.05) is 26.0 Å². The Balaban J connectivity index is 0.00000353. The van der Waals surface area contributed by atoms with E-state index < -0.39 is 0 Å². The Kier molecular flexibility index (Phi) is 14.1. The first-order chi connectivity index (χ1) is 15.5. The molecule has 34 heavy (non-hydrogen) atoms. The van der Waals surface area contributed by atoms with Crippen LogP contribution in [0, 0.1) is 0 Å². The Hall–Kier alpha value is -1.52. The number of nitrogens with one attached hydrogen (secondary N) is 2. The van der Waals surface area contributed by atoms with E-state index in [1.165, 1.54) is 19.3 Å². The number of likely N-dealkylation sites (tertiary alicyclic amines) is 1. The molecule has 0 bridgehead atoms. The number of piperidine rings is 1. The molecule has 2 rings (SSSR count). The first kappa shape index (κ1) is 32.5. The maximum atomic E-state index is 6.20. The van der Waals surface area contributed by atoms with Crippen molar-refractivity contribution in [1.29, 1.82) is 0 Å². The van der Waals surface area contributed by atoms with Gasteiger partial charge in [0.25, 0.3) is 0 Å². The number of nitrogens with zero attached hydrogens (tertiary/aromatic N) is 5. The molecule has 2 heterocycles. The van der Waals surface area contributed by atoms with Gasteiger partial charge < -0.3 is 29.7 Å². The van der Waals surface area contributed by atoms with Crippen LogP contribution in [0.3, 0.4) is 0 Å². The van der Waals surface area contributed by atoms with Crippen molar-refractivity contribution >= 4 is 47.0 Å². The molecule has 1 fully saturated rings. The number of hydrogen-bond acceptors (Lipinski definition) is 8. The molecule has 1 saturated heterocycles. The van der Waals surface area contributed by atoms with Crippen LogP contribution in [-0.4, -0.2) is 51.8 Å². The molecule has 0 unspecified atom stereocenters. The van der Waals surface area contributed by atoms with Gasteiger partial charge in [-0.15, -0.1) is 0 Å². The van der Waals surface area contributed by atoms with Gasteiger partial charge >= 0.3 is 17.1 Å². The molecular formula is C23H39CuN7OS2. The van der Waals surface area contributed by atoms with Crippen molar-refractivity contribution in [3.63, 3.8) is 0 Å². The Labute approximate surface area is 226 Å². The molecule has 0 aliphatic carbocycles. The smallest absolute Gasteiger partial charge is 0.741 e. The van der Waals surface area contributed by atoms with Crippen LogP contribution in [0.1, 0.15) is 79.2 Å². The zero-order chi connectivity index (χ0) is 25.2. The van der Waals surface area contributed by atoms with Gasteiger partial charge in [-0.05, 0) is 76.3 Å². The number of aliphatic imine (C=N–C) groups is 2. The third-order valence-corrected chi connectivity index (χ3v) is 6.13. The van der Waals surface area contributed by atoms with E-state index in [0.717, 1.165) is 12.3 Å². The van der Waals surface area contributed by atoms with Crippen LogP contribution < -0.4 is 10.9 Å². The average Bonchev–Trinajstić information content (AvgIpc) is 3.24. The van der Waals surface area contributed by atoms with Crippen LogP contribution in [0.5, 0.6) is 0 Å². The van der Waals surface area contributed by atoms with Crippen molar-refractivity contribution in [2.24, 2.45) is 20.2 Å². The summed E-state index contributed by atoms with van der Waals surface area (Å²) in [7, 11) is 3.20. The van der Waals surface area contributed by atoms with E-state index in [2.05, 4.69) is 63.6 Å². The van der Waals surface area contributed by atoms with Crippen LogP contribution >= 0.6 is 0 Å². The maximum Gasteiger partial charge on any atom is 2.00 e. The minimum atomic E-state index is 0. The van der Waals surface area contributed by atoms with Crippen LogP contribution in [0.25, 0.3) is 0 Å². The summed E-state index contributed by atoms with van der Waals surface area (Å²) in [6.07, 6.45) is 3.57. The molecule has 195 valence electrons. The molecule has 1 aliphatic rings. The summed E-state index contributed by atoms with van der Waals surface area (Å²) in [4.78, 5) is 10.3.